The van der Waals surface area contributed by atoms with Gasteiger partial charge in [0.05, 0.1) is 0 Å². The molecule has 1 atom stereocenters. The average molecular weight is 496 g/mol. The van der Waals surface area contributed by atoms with Crippen molar-refractivity contribution in [3.05, 3.63) is 58.0 Å². The first-order valence-electron chi connectivity index (χ1n) is 9.37. The second-order valence-corrected chi connectivity index (χ2v) is 10.5. The number of hydrogen-bond donors (Lipinski definition) is 0. The van der Waals surface area contributed by atoms with E-state index in [1.165, 1.54) is 4.31 Å². The number of benzene rings is 2. The van der Waals surface area contributed by atoms with E-state index in [2.05, 4.69) is 27.8 Å². The van der Waals surface area contributed by atoms with Crippen LogP contribution in [0.1, 0.15) is 19.8 Å². The second kappa shape index (κ2) is 8.22. The molecule has 5 nitrogen and oxygen atoms in total. The Labute approximate surface area is 183 Å². The highest BCUT2D eigenvalue weighted by Gasteiger charge is 2.35. The lowest BCUT2D eigenvalue weighted by Gasteiger charge is -2.29. The Morgan fingerprint density at radius 2 is 1.76 bits per heavy atom. The van der Waals surface area contributed by atoms with Gasteiger partial charge in [0.1, 0.15) is 0 Å². The molecule has 1 aromatic heterocycles. The Hall–Kier alpha value is -1.67. The SMILES string of the molecule is CC1CCCN(S(=O)(=O)c2nc(-c3ccc(Br)cc3)oc2-c2ccc(Cl)cc2)C1. The summed E-state index contributed by atoms with van der Waals surface area (Å²) in [4.78, 5) is 4.44. The van der Waals surface area contributed by atoms with Gasteiger partial charge >= 0.3 is 0 Å². The predicted molar refractivity (Wildman–Crippen MR) is 117 cm³/mol. The summed E-state index contributed by atoms with van der Waals surface area (Å²) < 4.78 is 35.4. The zero-order chi connectivity index (χ0) is 20.6. The van der Waals surface area contributed by atoms with Crippen molar-refractivity contribution >= 4 is 37.6 Å². The van der Waals surface area contributed by atoms with Crippen LogP contribution in [0, 0.1) is 5.92 Å². The summed E-state index contributed by atoms with van der Waals surface area (Å²) in [6.45, 7) is 3.05. The van der Waals surface area contributed by atoms with Crippen molar-refractivity contribution in [2.45, 2.75) is 24.8 Å². The molecule has 8 heteroatoms. The predicted octanol–water partition coefficient (Wildman–Crippen LogP) is 5.85. The van der Waals surface area contributed by atoms with Crippen molar-refractivity contribution in [2.24, 2.45) is 5.92 Å². The fraction of sp³-hybridized carbons (Fsp3) is 0.286. The Bertz CT molecular complexity index is 1110. The van der Waals surface area contributed by atoms with Gasteiger partial charge in [0.15, 0.2) is 5.76 Å². The molecule has 0 amide bonds. The fourth-order valence-electron chi connectivity index (χ4n) is 3.47. The molecule has 2 aromatic carbocycles. The Morgan fingerprint density at radius 1 is 1.10 bits per heavy atom. The van der Waals surface area contributed by atoms with Crippen LogP contribution in [0.4, 0.5) is 0 Å². The first kappa shape index (κ1) is 20.6. The van der Waals surface area contributed by atoms with Gasteiger partial charge in [-0.05, 0) is 67.3 Å². The summed E-state index contributed by atoms with van der Waals surface area (Å²) in [5.74, 6) is 0.819. The minimum atomic E-state index is -3.79. The lowest BCUT2D eigenvalue weighted by atomic mass is 10.0. The number of halogens is 2. The maximum Gasteiger partial charge on any atom is 0.264 e. The number of sulfonamides is 1. The van der Waals surface area contributed by atoms with E-state index in [0.717, 1.165) is 17.3 Å². The topological polar surface area (TPSA) is 63.4 Å². The maximum absolute atomic E-state index is 13.5. The van der Waals surface area contributed by atoms with Gasteiger partial charge < -0.3 is 4.42 Å². The van der Waals surface area contributed by atoms with E-state index in [9.17, 15) is 8.42 Å². The van der Waals surface area contributed by atoms with E-state index in [1.54, 1.807) is 24.3 Å². The number of hydrogen-bond acceptors (Lipinski definition) is 4. The second-order valence-electron chi connectivity index (χ2n) is 7.28. The molecule has 152 valence electrons. The third-order valence-corrected chi connectivity index (χ3v) is 7.56. The standard InChI is InChI=1S/C21H20BrClN2O3S/c1-14-3-2-12-25(13-14)29(26,27)21-19(15-6-10-18(23)11-7-15)28-20(24-21)16-4-8-17(22)9-5-16/h4-11,14H,2-3,12-13H2,1H3. The Kier molecular flexibility index (Phi) is 5.84. The third-order valence-electron chi connectivity index (χ3n) is 5.00. The first-order chi connectivity index (χ1) is 13.8. The summed E-state index contributed by atoms with van der Waals surface area (Å²) in [6, 6.07) is 14.3. The van der Waals surface area contributed by atoms with Crippen molar-refractivity contribution < 1.29 is 12.8 Å². The molecule has 4 rings (SSSR count). The molecule has 29 heavy (non-hydrogen) atoms. The summed E-state index contributed by atoms with van der Waals surface area (Å²) in [5, 5.41) is 0.516. The molecule has 0 N–H and O–H groups in total. The molecule has 0 saturated carbocycles. The van der Waals surface area contributed by atoms with Crippen LogP contribution < -0.4 is 0 Å². The summed E-state index contributed by atoms with van der Waals surface area (Å²) >= 11 is 9.41. The van der Waals surface area contributed by atoms with E-state index >= 15 is 0 Å². The average Bonchev–Trinajstić information content (AvgIpc) is 3.15. The van der Waals surface area contributed by atoms with Crippen LogP contribution in [-0.2, 0) is 10.0 Å². The van der Waals surface area contributed by atoms with Gasteiger partial charge in [0.25, 0.3) is 10.0 Å². The van der Waals surface area contributed by atoms with E-state index in [1.807, 2.05) is 24.3 Å². The molecular weight excluding hydrogens is 476 g/mol. The van der Waals surface area contributed by atoms with Crippen molar-refractivity contribution in [2.75, 3.05) is 13.1 Å². The molecule has 1 saturated heterocycles. The quantitative estimate of drug-likeness (QED) is 0.456. The smallest absolute Gasteiger partial charge is 0.264 e. The lowest BCUT2D eigenvalue weighted by Crippen LogP contribution is -2.39. The van der Waals surface area contributed by atoms with Crippen LogP contribution in [-0.4, -0.2) is 30.8 Å². The van der Waals surface area contributed by atoms with Crippen LogP contribution in [0.2, 0.25) is 5.02 Å². The number of piperidine rings is 1. The van der Waals surface area contributed by atoms with Crippen LogP contribution in [0.3, 0.4) is 0 Å². The molecule has 1 unspecified atom stereocenters. The highest BCUT2D eigenvalue weighted by atomic mass is 79.9. The lowest BCUT2D eigenvalue weighted by molar-refractivity contribution is 0.280. The largest absolute Gasteiger partial charge is 0.435 e. The molecule has 0 spiro atoms. The first-order valence-corrected chi connectivity index (χ1v) is 12.0. The van der Waals surface area contributed by atoms with Crippen molar-refractivity contribution in [3.63, 3.8) is 0 Å². The van der Waals surface area contributed by atoms with Gasteiger partial charge in [0.2, 0.25) is 10.9 Å². The minimum absolute atomic E-state index is 0.0492. The molecular formula is C21H20BrClN2O3S. The van der Waals surface area contributed by atoms with Crippen LogP contribution in [0.25, 0.3) is 22.8 Å². The number of aromatic nitrogens is 1. The van der Waals surface area contributed by atoms with Crippen LogP contribution in [0.5, 0.6) is 0 Å². The molecule has 3 aromatic rings. The Morgan fingerprint density at radius 3 is 2.41 bits per heavy atom. The van der Waals surface area contributed by atoms with Gasteiger partial charge in [0, 0.05) is 33.7 Å². The van der Waals surface area contributed by atoms with Gasteiger partial charge in [-0.25, -0.2) is 8.42 Å². The zero-order valence-corrected chi connectivity index (χ0v) is 19.0. The molecule has 1 aliphatic heterocycles. The van der Waals surface area contributed by atoms with Crippen molar-refractivity contribution in [3.8, 4) is 22.8 Å². The monoisotopic (exact) mass is 494 g/mol. The highest BCUT2D eigenvalue weighted by Crippen LogP contribution is 2.35. The number of nitrogens with zero attached hydrogens (tertiary/aromatic N) is 2. The molecule has 0 radical (unpaired) electrons. The normalized spacial score (nSPS) is 18.1. The molecule has 0 bridgehead atoms. The van der Waals surface area contributed by atoms with Crippen molar-refractivity contribution in [1.82, 2.24) is 9.29 Å². The highest BCUT2D eigenvalue weighted by molar-refractivity contribution is 9.10. The van der Waals surface area contributed by atoms with E-state index in [0.29, 0.717) is 35.2 Å². The summed E-state index contributed by atoms with van der Waals surface area (Å²) in [7, 11) is -3.79. The molecule has 1 fully saturated rings. The van der Waals surface area contributed by atoms with Gasteiger partial charge in [-0.2, -0.15) is 9.29 Å². The van der Waals surface area contributed by atoms with Gasteiger partial charge in [-0.3, -0.25) is 0 Å². The fourth-order valence-corrected chi connectivity index (χ4v) is 5.51. The minimum Gasteiger partial charge on any atom is -0.435 e. The zero-order valence-electron chi connectivity index (χ0n) is 15.8. The van der Waals surface area contributed by atoms with Gasteiger partial charge in [-0.1, -0.05) is 34.5 Å². The summed E-state index contributed by atoms with van der Waals surface area (Å²) in [5.41, 5.74) is 1.32. The molecule has 0 aliphatic carbocycles. The van der Waals surface area contributed by atoms with Crippen LogP contribution in [0.15, 0.2) is 62.4 Å². The Balaban J connectivity index is 1.84. The van der Waals surface area contributed by atoms with Crippen LogP contribution >= 0.6 is 27.5 Å². The van der Waals surface area contributed by atoms with Crippen molar-refractivity contribution in [1.29, 1.82) is 0 Å². The van der Waals surface area contributed by atoms with Gasteiger partial charge in [-0.15, -0.1) is 0 Å². The van der Waals surface area contributed by atoms with E-state index in [4.69, 9.17) is 16.0 Å². The number of oxazole rings is 1. The maximum atomic E-state index is 13.5. The van der Waals surface area contributed by atoms with E-state index < -0.39 is 10.0 Å². The molecule has 1 aliphatic rings. The molecule has 2 heterocycles. The number of rotatable bonds is 4. The third kappa shape index (κ3) is 4.28. The van der Waals surface area contributed by atoms with E-state index in [-0.39, 0.29) is 16.7 Å². The summed E-state index contributed by atoms with van der Waals surface area (Å²) in [6.07, 6.45) is 1.87.